The molecule has 1 fully saturated rings. The van der Waals surface area contributed by atoms with E-state index >= 15 is 0 Å². The number of hydrogen-bond acceptors (Lipinski definition) is 3. The van der Waals surface area contributed by atoms with Crippen LogP contribution in [-0.2, 0) is 4.79 Å². The summed E-state index contributed by atoms with van der Waals surface area (Å²) in [6.45, 7) is 5.84. The number of likely N-dealkylation sites (tertiary alicyclic amines) is 1. The Morgan fingerprint density at radius 3 is 2.42 bits per heavy atom. The number of amides is 1. The number of nitrogens with zero attached hydrogens (tertiary/aromatic N) is 3. The molecule has 0 aromatic heterocycles. The largest absolute Gasteiger partial charge is 0.338 e. The van der Waals surface area contributed by atoms with Crippen LogP contribution in [0.4, 0.5) is 17.1 Å². The van der Waals surface area contributed by atoms with Crippen LogP contribution in [0, 0.1) is 0 Å². The third-order valence-electron chi connectivity index (χ3n) is 5.68. The number of rotatable bonds is 4. The second-order valence-electron chi connectivity index (χ2n) is 7.30. The number of para-hydroxylation sites is 3. The Bertz CT molecular complexity index is 761. The van der Waals surface area contributed by atoms with Crippen molar-refractivity contribution >= 4 is 23.0 Å². The van der Waals surface area contributed by atoms with Crippen LogP contribution in [0.1, 0.15) is 26.2 Å². The van der Waals surface area contributed by atoms with E-state index in [9.17, 15) is 4.79 Å². The van der Waals surface area contributed by atoms with Gasteiger partial charge in [0, 0.05) is 37.8 Å². The highest BCUT2D eigenvalue weighted by Gasteiger charge is 2.28. The molecular weight excluding hydrogens is 322 g/mol. The van der Waals surface area contributed by atoms with Gasteiger partial charge in [0.05, 0.1) is 11.4 Å². The maximum atomic E-state index is 12.9. The number of carbonyl (C=O) groups is 1. The van der Waals surface area contributed by atoms with Gasteiger partial charge in [-0.3, -0.25) is 4.79 Å². The van der Waals surface area contributed by atoms with Gasteiger partial charge in [0.2, 0.25) is 5.91 Å². The van der Waals surface area contributed by atoms with Crippen molar-refractivity contribution in [1.29, 1.82) is 0 Å². The molecule has 0 bridgehead atoms. The van der Waals surface area contributed by atoms with Crippen molar-refractivity contribution in [2.24, 2.45) is 0 Å². The minimum Gasteiger partial charge on any atom is -0.338 e. The zero-order valence-electron chi connectivity index (χ0n) is 15.5. The van der Waals surface area contributed by atoms with Crippen LogP contribution in [-0.4, -0.2) is 43.0 Å². The molecule has 4 heteroatoms. The van der Waals surface area contributed by atoms with Gasteiger partial charge < -0.3 is 14.7 Å². The molecule has 0 spiro atoms. The topological polar surface area (TPSA) is 26.8 Å². The molecule has 2 aromatic carbocycles. The third kappa shape index (κ3) is 3.34. The summed E-state index contributed by atoms with van der Waals surface area (Å²) in [6.07, 6.45) is 3.12. The molecular formula is C22H27N3O. The first-order valence-electron chi connectivity index (χ1n) is 9.70. The number of benzene rings is 2. The lowest BCUT2D eigenvalue weighted by atomic mass is 10.1. The monoisotopic (exact) mass is 349 g/mol. The van der Waals surface area contributed by atoms with Crippen molar-refractivity contribution in [2.45, 2.75) is 32.2 Å². The van der Waals surface area contributed by atoms with Crippen molar-refractivity contribution in [3.63, 3.8) is 0 Å². The summed E-state index contributed by atoms with van der Waals surface area (Å²) in [7, 11) is 0. The molecule has 0 aliphatic carbocycles. The van der Waals surface area contributed by atoms with E-state index in [0.29, 0.717) is 12.5 Å². The summed E-state index contributed by atoms with van der Waals surface area (Å²) >= 11 is 0. The van der Waals surface area contributed by atoms with Crippen LogP contribution in [0.15, 0.2) is 54.6 Å². The van der Waals surface area contributed by atoms with Crippen molar-refractivity contribution < 1.29 is 4.79 Å². The first-order chi connectivity index (χ1) is 12.7. The van der Waals surface area contributed by atoms with E-state index in [4.69, 9.17) is 0 Å². The van der Waals surface area contributed by atoms with Crippen LogP contribution in [0.5, 0.6) is 0 Å². The highest BCUT2D eigenvalue weighted by atomic mass is 16.2. The lowest BCUT2D eigenvalue weighted by Gasteiger charge is -2.38. The number of fused-ring (bicyclic) bond motifs is 1. The summed E-state index contributed by atoms with van der Waals surface area (Å²) in [5.41, 5.74) is 3.33. The first-order valence-corrected chi connectivity index (χ1v) is 9.70. The molecule has 0 unspecified atom stereocenters. The molecule has 4 nitrogen and oxygen atoms in total. The van der Waals surface area contributed by atoms with Gasteiger partial charge >= 0.3 is 0 Å². The molecule has 136 valence electrons. The normalized spacial score (nSPS) is 20.3. The van der Waals surface area contributed by atoms with E-state index in [-0.39, 0.29) is 5.91 Å². The second-order valence-corrected chi connectivity index (χ2v) is 7.30. The van der Waals surface area contributed by atoms with E-state index in [2.05, 4.69) is 59.2 Å². The van der Waals surface area contributed by atoms with Gasteiger partial charge in [-0.15, -0.1) is 0 Å². The van der Waals surface area contributed by atoms with Gasteiger partial charge in [-0.25, -0.2) is 0 Å². The molecule has 1 atom stereocenters. The van der Waals surface area contributed by atoms with Crippen LogP contribution >= 0.6 is 0 Å². The minimum atomic E-state index is 0.240. The quantitative estimate of drug-likeness (QED) is 0.833. The van der Waals surface area contributed by atoms with Crippen molar-refractivity contribution in [3.05, 3.63) is 54.6 Å². The molecule has 2 heterocycles. The second kappa shape index (κ2) is 7.50. The van der Waals surface area contributed by atoms with Gasteiger partial charge in [-0.2, -0.15) is 0 Å². The fourth-order valence-electron chi connectivity index (χ4n) is 4.20. The molecule has 0 N–H and O–H groups in total. The maximum absolute atomic E-state index is 12.9. The number of hydrogen-bond donors (Lipinski definition) is 0. The summed E-state index contributed by atoms with van der Waals surface area (Å²) in [6, 6.07) is 19.3. The predicted octanol–water partition coefficient (Wildman–Crippen LogP) is 4.05. The van der Waals surface area contributed by atoms with E-state index < -0.39 is 0 Å². The Kier molecular flexibility index (Phi) is 4.93. The number of carbonyl (C=O) groups excluding carboxylic acids is 1. The highest BCUT2D eigenvalue weighted by molar-refractivity contribution is 5.98. The Hall–Kier alpha value is -2.33. The maximum Gasteiger partial charge on any atom is 0.228 e. The molecule has 2 aromatic rings. The van der Waals surface area contributed by atoms with Crippen LogP contribution in [0.2, 0.25) is 0 Å². The van der Waals surface area contributed by atoms with Gasteiger partial charge in [-0.1, -0.05) is 30.3 Å². The molecule has 2 aliphatic heterocycles. The molecule has 1 saturated heterocycles. The van der Waals surface area contributed by atoms with Gasteiger partial charge in [0.25, 0.3) is 0 Å². The van der Waals surface area contributed by atoms with E-state index in [1.807, 2.05) is 17.0 Å². The van der Waals surface area contributed by atoms with Crippen molar-refractivity contribution in [3.8, 4) is 0 Å². The zero-order chi connectivity index (χ0) is 17.9. The van der Waals surface area contributed by atoms with Crippen LogP contribution in [0.3, 0.4) is 0 Å². The first kappa shape index (κ1) is 17.1. The zero-order valence-corrected chi connectivity index (χ0v) is 15.5. The SMILES string of the molecule is C[C@@H]1CCCN1CCC(=O)N1CCN(c2ccccc2)c2ccccc21. The van der Waals surface area contributed by atoms with E-state index in [1.165, 1.54) is 18.5 Å². The average Bonchev–Trinajstić information content (AvgIpc) is 3.11. The fourth-order valence-corrected chi connectivity index (χ4v) is 4.20. The summed E-state index contributed by atoms with van der Waals surface area (Å²) in [5.74, 6) is 0.240. The Balaban J connectivity index is 1.51. The summed E-state index contributed by atoms with van der Waals surface area (Å²) < 4.78 is 0. The van der Waals surface area contributed by atoms with Crippen LogP contribution < -0.4 is 9.80 Å². The summed E-state index contributed by atoms with van der Waals surface area (Å²) in [4.78, 5) is 19.7. The average molecular weight is 349 g/mol. The van der Waals surface area contributed by atoms with E-state index in [1.54, 1.807) is 0 Å². The predicted molar refractivity (Wildman–Crippen MR) is 107 cm³/mol. The molecule has 2 aliphatic rings. The molecule has 1 amide bonds. The highest BCUT2D eigenvalue weighted by Crippen LogP contribution is 2.37. The fraction of sp³-hybridized carbons (Fsp3) is 0.409. The van der Waals surface area contributed by atoms with Crippen molar-refractivity contribution in [1.82, 2.24) is 4.90 Å². The minimum absolute atomic E-state index is 0.240. The van der Waals surface area contributed by atoms with Gasteiger partial charge in [-0.05, 0) is 50.6 Å². The molecule has 0 saturated carbocycles. The Labute approximate surface area is 156 Å². The number of anilines is 3. The Morgan fingerprint density at radius 1 is 0.962 bits per heavy atom. The lowest BCUT2D eigenvalue weighted by Crippen LogP contribution is -2.43. The molecule has 26 heavy (non-hydrogen) atoms. The van der Waals surface area contributed by atoms with Gasteiger partial charge in [0.15, 0.2) is 0 Å². The summed E-state index contributed by atoms with van der Waals surface area (Å²) in [5, 5.41) is 0. The Morgan fingerprint density at radius 2 is 1.69 bits per heavy atom. The standard InChI is InChI=1S/C22H27N3O/c1-18-8-7-14-23(18)15-13-22(26)25-17-16-24(19-9-3-2-4-10-19)20-11-5-6-12-21(20)25/h2-6,9-12,18H,7-8,13-17H2,1H3/t18-/m1/s1. The smallest absolute Gasteiger partial charge is 0.228 e. The third-order valence-corrected chi connectivity index (χ3v) is 5.68. The molecule has 4 rings (SSSR count). The molecule has 0 radical (unpaired) electrons. The van der Waals surface area contributed by atoms with Crippen LogP contribution in [0.25, 0.3) is 0 Å². The van der Waals surface area contributed by atoms with E-state index in [0.717, 1.165) is 37.6 Å². The lowest BCUT2D eigenvalue weighted by molar-refractivity contribution is -0.119. The van der Waals surface area contributed by atoms with Gasteiger partial charge in [0.1, 0.15) is 0 Å². The van der Waals surface area contributed by atoms with Crippen molar-refractivity contribution in [2.75, 3.05) is 36.0 Å².